The van der Waals surface area contributed by atoms with E-state index in [0.717, 1.165) is 60.2 Å². The number of fused-ring (bicyclic) bond motifs is 10. The molecule has 0 unspecified atom stereocenters. The summed E-state index contributed by atoms with van der Waals surface area (Å²) < 4.78 is 56.8. The molecule has 6 nitrogen and oxygen atoms in total. The lowest BCUT2D eigenvalue weighted by molar-refractivity contribution is 0.668. The van der Waals surface area contributed by atoms with Crippen LogP contribution in [-0.2, 0) is 0 Å². The summed E-state index contributed by atoms with van der Waals surface area (Å²) in [6.07, 6.45) is 0. The molecule has 11 rings (SSSR count). The summed E-state index contributed by atoms with van der Waals surface area (Å²) in [6, 6.07) is 39.8. The fourth-order valence-electron chi connectivity index (χ4n) is 7.29. The molecule has 0 aliphatic rings. The summed E-state index contributed by atoms with van der Waals surface area (Å²) in [7, 11) is 0. The average molecular weight is 660 g/mol. The molecule has 0 aliphatic heterocycles. The molecule has 238 valence electrons. The molecular weight excluding hydrogens is 629 g/mol. The van der Waals surface area contributed by atoms with Crippen molar-refractivity contribution in [2.75, 3.05) is 0 Å². The van der Waals surface area contributed by atoms with Gasteiger partial charge in [-0.1, -0.05) is 103 Å². The molecule has 6 heteroatoms. The maximum absolute atomic E-state index is 8.62. The maximum atomic E-state index is 8.62. The Morgan fingerprint density at radius 3 is 1.98 bits per heavy atom. The molecule has 0 saturated heterocycles. The quantitative estimate of drug-likeness (QED) is 0.188. The molecule has 4 heterocycles. The van der Waals surface area contributed by atoms with Crippen molar-refractivity contribution >= 4 is 65.7 Å². The van der Waals surface area contributed by atoms with Crippen LogP contribution in [0.5, 0.6) is 0 Å². The SMILES string of the molecule is [2H]c1c([2H])c([2H])c(-c2nc(-c3ccccc3)nc(-c3ccc4c(c3)oc3ccc(-n5c6ccccc6c6c7c(ccc65)oc5ccccc57)cc34)n2)c([2H])c1[2H]. The van der Waals surface area contributed by atoms with Gasteiger partial charge in [0.15, 0.2) is 17.5 Å². The van der Waals surface area contributed by atoms with Crippen molar-refractivity contribution in [1.29, 1.82) is 0 Å². The first-order chi connectivity index (χ1) is 27.3. The predicted octanol–water partition coefficient (Wildman–Crippen LogP) is 11.8. The van der Waals surface area contributed by atoms with E-state index in [9.17, 15) is 0 Å². The van der Waals surface area contributed by atoms with Crippen LogP contribution in [0.3, 0.4) is 0 Å². The van der Waals surface area contributed by atoms with Gasteiger partial charge in [-0.25, -0.2) is 15.0 Å². The molecule has 11 aromatic rings. The van der Waals surface area contributed by atoms with Gasteiger partial charge in [0, 0.05) is 54.7 Å². The largest absolute Gasteiger partial charge is 0.456 e. The summed E-state index contributed by atoms with van der Waals surface area (Å²) in [5.41, 5.74) is 7.38. The van der Waals surface area contributed by atoms with E-state index in [2.05, 4.69) is 58.1 Å². The highest BCUT2D eigenvalue weighted by molar-refractivity contribution is 6.27. The first-order valence-corrected chi connectivity index (χ1v) is 16.5. The number of benzene rings is 7. The Kier molecular flexibility index (Phi) is 4.91. The van der Waals surface area contributed by atoms with Crippen LogP contribution in [0.25, 0.3) is 106 Å². The molecule has 0 radical (unpaired) electrons. The number of aromatic nitrogens is 4. The number of para-hydroxylation sites is 2. The van der Waals surface area contributed by atoms with Crippen LogP contribution in [0.1, 0.15) is 6.85 Å². The molecule has 0 atom stereocenters. The van der Waals surface area contributed by atoms with Gasteiger partial charge < -0.3 is 13.4 Å². The molecule has 0 fully saturated rings. The number of furan rings is 2. The Morgan fingerprint density at radius 2 is 1.12 bits per heavy atom. The Hall–Kier alpha value is -7.05. The summed E-state index contributed by atoms with van der Waals surface area (Å²) in [5.74, 6) is 0.553. The van der Waals surface area contributed by atoms with E-state index in [1.54, 1.807) is 0 Å². The van der Waals surface area contributed by atoms with E-state index in [0.29, 0.717) is 28.1 Å². The van der Waals surface area contributed by atoms with Crippen LogP contribution in [0.4, 0.5) is 0 Å². The summed E-state index contributed by atoms with van der Waals surface area (Å²) in [4.78, 5) is 14.1. The summed E-state index contributed by atoms with van der Waals surface area (Å²) in [5, 5.41) is 6.29. The topological polar surface area (TPSA) is 69.9 Å². The van der Waals surface area contributed by atoms with Crippen molar-refractivity contribution in [3.05, 3.63) is 158 Å². The second-order valence-electron chi connectivity index (χ2n) is 12.4. The highest BCUT2D eigenvalue weighted by atomic mass is 16.3. The smallest absolute Gasteiger partial charge is 0.164 e. The summed E-state index contributed by atoms with van der Waals surface area (Å²) >= 11 is 0. The van der Waals surface area contributed by atoms with Crippen molar-refractivity contribution in [1.82, 2.24) is 19.5 Å². The van der Waals surface area contributed by atoms with Crippen LogP contribution >= 0.6 is 0 Å². The lowest BCUT2D eigenvalue weighted by atomic mass is 10.1. The average Bonchev–Trinajstić information content (AvgIpc) is 3.91. The molecule has 51 heavy (non-hydrogen) atoms. The van der Waals surface area contributed by atoms with Gasteiger partial charge in [-0.15, -0.1) is 0 Å². The number of hydrogen-bond acceptors (Lipinski definition) is 5. The van der Waals surface area contributed by atoms with Gasteiger partial charge in [0.05, 0.1) is 17.9 Å². The second kappa shape index (κ2) is 10.7. The molecule has 0 N–H and O–H groups in total. The van der Waals surface area contributed by atoms with Crippen molar-refractivity contribution in [2.24, 2.45) is 0 Å². The van der Waals surface area contributed by atoms with Gasteiger partial charge in [-0.2, -0.15) is 0 Å². The van der Waals surface area contributed by atoms with Crippen molar-refractivity contribution in [2.45, 2.75) is 0 Å². The van der Waals surface area contributed by atoms with E-state index in [1.165, 1.54) is 0 Å². The third-order valence-corrected chi connectivity index (χ3v) is 9.54. The zero-order valence-corrected chi connectivity index (χ0v) is 26.7. The molecule has 0 saturated carbocycles. The minimum Gasteiger partial charge on any atom is -0.456 e. The van der Waals surface area contributed by atoms with Crippen LogP contribution in [0, 0.1) is 0 Å². The molecule has 7 aromatic carbocycles. The van der Waals surface area contributed by atoms with Gasteiger partial charge in [0.25, 0.3) is 0 Å². The fraction of sp³-hybridized carbons (Fsp3) is 0. The molecule has 4 aromatic heterocycles. The lowest BCUT2D eigenvalue weighted by Crippen LogP contribution is -2.00. The van der Waals surface area contributed by atoms with Gasteiger partial charge in [0.1, 0.15) is 22.3 Å². The van der Waals surface area contributed by atoms with Crippen molar-refractivity contribution in [3.8, 4) is 39.9 Å². The first-order valence-electron chi connectivity index (χ1n) is 19.0. The lowest BCUT2D eigenvalue weighted by Gasteiger charge is -2.08. The minimum atomic E-state index is -0.484. The monoisotopic (exact) mass is 659 g/mol. The maximum Gasteiger partial charge on any atom is 0.164 e. The Labute approximate surface area is 297 Å². The zero-order chi connectivity index (χ0) is 37.8. The molecule has 0 amide bonds. The molecule has 0 spiro atoms. The predicted molar refractivity (Wildman–Crippen MR) is 205 cm³/mol. The minimum absolute atomic E-state index is 0.0212. The van der Waals surface area contributed by atoms with Gasteiger partial charge >= 0.3 is 0 Å². The standard InChI is InChI=1S/C45H26N4O2/c1-3-11-27(12-4-1)43-46-44(28-13-5-2-6-14-28)48-45(47-43)29-19-21-31-34-26-30(20-23-38(34)51-40(31)25-29)49-35-17-9-7-15-32(35)41-36(49)22-24-39-42(41)33-16-8-10-18-37(33)50-39/h1-26H/i1D,3D,4D,11D,12D. The Morgan fingerprint density at radius 1 is 0.431 bits per heavy atom. The highest BCUT2D eigenvalue weighted by Crippen LogP contribution is 2.42. The van der Waals surface area contributed by atoms with Crippen LogP contribution in [0.15, 0.2) is 166 Å². The van der Waals surface area contributed by atoms with Crippen LogP contribution < -0.4 is 0 Å². The molecular formula is C45H26N4O2. The van der Waals surface area contributed by atoms with E-state index in [-0.39, 0.29) is 29.3 Å². The second-order valence-corrected chi connectivity index (χ2v) is 12.4. The van der Waals surface area contributed by atoms with Crippen LogP contribution in [-0.4, -0.2) is 19.5 Å². The number of hydrogen-bond donors (Lipinski definition) is 0. The van der Waals surface area contributed by atoms with Crippen molar-refractivity contribution < 1.29 is 15.7 Å². The van der Waals surface area contributed by atoms with E-state index in [4.69, 9.17) is 25.7 Å². The third-order valence-electron chi connectivity index (χ3n) is 9.54. The Balaban J connectivity index is 1.09. The van der Waals surface area contributed by atoms with Crippen molar-refractivity contribution in [3.63, 3.8) is 0 Å². The molecule has 0 aliphatic carbocycles. The third kappa shape index (κ3) is 4.26. The van der Waals surface area contributed by atoms with E-state index < -0.39 is 18.1 Å². The first kappa shape index (κ1) is 23.3. The molecule has 0 bridgehead atoms. The fourth-order valence-corrected chi connectivity index (χ4v) is 7.29. The van der Waals surface area contributed by atoms with Crippen LogP contribution in [0.2, 0.25) is 0 Å². The van der Waals surface area contributed by atoms with E-state index in [1.807, 2.05) is 78.9 Å². The Bertz CT molecular complexity index is 3420. The highest BCUT2D eigenvalue weighted by Gasteiger charge is 2.20. The van der Waals surface area contributed by atoms with Gasteiger partial charge in [-0.3, -0.25) is 0 Å². The van der Waals surface area contributed by atoms with Gasteiger partial charge in [0.2, 0.25) is 0 Å². The number of rotatable bonds is 4. The number of nitrogens with zero attached hydrogens (tertiary/aromatic N) is 4. The normalized spacial score (nSPS) is 13.3. The van der Waals surface area contributed by atoms with Gasteiger partial charge in [-0.05, 0) is 54.6 Å². The zero-order valence-electron chi connectivity index (χ0n) is 31.7. The van der Waals surface area contributed by atoms with E-state index >= 15 is 0 Å². The summed E-state index contributed by atoms with van der Waals surface area (Å²) in [6.45, 7) is 0.